The standard InChI is InChI=1S/C17H31N3O2/c1-13-9-14(12-17(2,3)11-13)10-15(21)19-5-4-6-20(8-7-19)16(18)22/h13-14H,4-12H2,1-3H3,(H2,18,22)/t13-,14+/m1/s1. The fraction of sp³-hybridized carbons (Fsp3) is 0.882. The van der Waals surface area contributed by atoms with Crippen LogP contribution in [0, 0.1) is 17.3 Å². The zero-order valence-electron chi connectivity index (χ0n) is 14.3. The number of hydrogen-bond donors (Lipinski definition) is 1. The summed E-state index contributed by atoms with van der Waals surface area (Å²) in [5, 5.41) is 0. The van der Waals surface area contributed by atoms with Gasteiger partial charge in [-0.2, -0.15) is 0 Å². The Morgan fingerprint density at radius 1 is 1.09 bits per heavy atom. The van der Waals surface area contributed by atoms with Crippen LogP contribution in [0.15, 0.2) is 0 Å². The van der Waals surface area contributed by atoms with E-state index >= 15 is 0 Å². The van der Waals surface area contributed by atoms with Crippen LogP contribution in [0.4, 0.5) is 4.79 Å². The number of hydrogen-bond acceptors (Lipinski definition) is 2. The van der Waals surface area contributed by atoms with Crippen molar-refractivity contribution in [2.45, 2.75) is 52.9 Å². The molecule has 1 aliphatic carbocycles. The number of nitrogens with two attached hydrogens (primary N) is 1. The number of carbonyl (C=O) groups excluding carboxylic acids is 2. The second-order valence-electron chi connectivity index (χ2n) is 8.04. The quantitative estimate of drug-likeness (QED) is 0.851. The molecule has 5 nitrogen and oxygen atoms in total. The molecule has 0 unspecified atom stereocenters. The molecule has 0 bridgehead atoms. The van der Waals surface area contributed by atoms with Crippen LogP contribution in [0.3, 0.4) is 0 Å². The van der Waals surface area contributed by atoms with Gasteiger partial charge in [-0.3, -0.25) is 4.79 Å². The molecule has 2 N–H and O–H groups in total. The molecular formula is C17H31N3O2. The smallest absolute Gasteiger partial charge is 0.314 e. The van der Waals surface area contributed by atoms with Crippen LogP contribution in [-0.2, 0) is 4.79 Å². The Kier molecular flexibility index (Phi) is 5.35. The van der Waals surface area contributed by atoms with Gasteiger partial charge in [-0.1, -0.05) is 20.8 Å². The monoisotopic (exact) mass is 309 g/mol. The highest BCUT2D eigenvalue weighted by Gasteiger charge is 2.33. The molecule has 0 spiro atoms. The van der Waals surface area contributed by atoms with Crippen molar-refractivity contribution < 1.29 is 9.59 Å². The Hall–Kier alpha value is -1.26. The van der Waals surface area contributed by atoms with Crippen molar-refractivity contribution in [3.8, 4) is 0 Å². The van der Waals surface area contributed by atoms with Crippen LogP contribution in [0.25, 0.3) is 0 Å². The van der Waals surface area contributed by atoms with E-state index in [2.05, 4.69) is 20.8 Å². The van der Waals surface area contributed by atoms with Gasteiger partial charge in [-0.05, 0) is 42.9 Å². The summed E-state index contributed by atoms with van der Waals surface area (Å²) in [6.07, 6.45) is 5.04. The van der Waals surface area contributed by atoms with Crippen molar-refractivity contribution in [2.75, 3.05) is 26.2 Å². The van der Waals surface area contributed by atoms with E-state index in [1.165, 1.54) is 6.42 Å². The number of rotatable bonds is 2. The van der Waals surface area contributed by atoms with Gasteiger partial charge in [0.2, 0.25) is 5.91 Å². The van der Waals surface area contributed by atoms with Gasteiger partial charge in [-0.15, -0.1) is 0 Å². The molecule has 1 aliphatic heterocycles. The van der Waals surface area contributed by atoms with Gasteiger partial charge in [-0.25, -0.2) is 4.79 Å². The molecule has 126 valence electrons. The van der Waals surface area contributed by atoms with Crippen LogP contribution in [0.1, 0.15) is 52.9 Å². The second kappa shape index (κ2) is 6.88. The van der Waals surface area contributed by atoms with E-state index in [9.17, 15) is 9.59 Å². The van der Waals surface area contributed by atoms with Gasteiger partial charge in [0.05, 0.1) is 0 Å². The summed E-state index contributed by atoms with van der Waals surface area (Å²) in [7, 11) is 0. The zero-order valence-corrected chi connectivity index (χ0v) is 14.3. The van der Waals surface area contributed by atoms with E-state index in [-0.39, 0.29) is 11.9 Å². The molecule has 22 heavy (non-hydrogen) atoms. The first-order valence-corrected chi connectivity index (χ1v) is 8.59. The van der Waals surface area contributed by atoms with Gasteiger partial charge in [0.15, 0.2) is 0 Å². The topological polar surface area (TPSA) is 66.6 Å². The molecule has 1 heterocycles. The highest BCUT2D eigenvalue weighted by atomic mass is 16.2. The maximum Gasteiger partial charge on any atom is 0.314 e. The molecular weight excluding hydrogens is 278 g/mol. The third kappa shape index (κ3) is 4.62. The third-order valence-corrected chi connectivity index (χ3v) is 5.10. The number of urea groups is 1. The highest BCUT2D eigenvalue weighted by molar-refractivity contribution is 5.77. The summed E-state index contributed by atoms with van der Waals surface area (Å²) < 4.78 is 0. The Morgan fingerprint density at radius 2 is 1.73 bits per heavy atom. The lowest BCUT2D eigenvalue weighted by Crippen LogP contribution is -2.40. The van der Waals surface area contributed by atoms with Gasteiger partial charge >= 0.3 is 6.03 Å². The van der Waals surface area contributed by atoms with E-state index in [4.69, 9.17) is 5.73 Å². The SMILES string of the molecule is C[C@@H]1C[C@@H](CC(=O)N2CCCN(C(N)=O)CC2)CC(C)(C)C1. The van der Waals surface area contributed by atoms with Gasteiger partial charge in [0.25, 0.3) is 0 Å². The number of primary amides is 1. The molecule has 5 heteroatoms. The minimum absolute atomic E-state index is 0.251. The normalized spacial score (nSPS) is 29.0. The summed E-state index contributed by atoms with van der Waals surface area (Å²) in [6.45, 7) is 9.52. The lowest BCUT2D eigenvalue weighted by Gasteiger charge is -2.39. The molecule has 2 rings (SSSR count). The van der Waals surface area contributed by atoms with Crippen molar-refractivity contribution in [3.63, 3.8) is 0 Å². The largest absolute Gasteiger partial charge is 0.351 e. The molecule has 0 aromatic heterocycles. The maximum absolute atomic E-state index is 12.6. The third-order valence-electron chi connectivity index (χ3n) is 5.10. The molecule has 0 aromatic carbocycles. The summed E-state index contributed by atoms with van der Waals surface area (Å²) in [5.74, 6) is 1.46. The van der Waals surface area contributed by atoms with Crippen molar-refractivity contribution in [3.05, 3.63) is 0 Å². The van der Waals surface area contributed by atoms with Crippen LogP contribution < -0.4 is 5.73 Å². The van der Waals surface area contributed by atoms with Crippen molar-refractivity contribution in [2.24, 2.45) is 23.0 Å². The first-order valence-electron chi connectivity index (χ1n) is 8.59. The molecule has 2 fully saturated rings. The highest BCUT2D eigenvalue weighted by Crippen LogP contribution is 2.42. The lowest BCUT2D eigenvalue weighted by atomic mass is 9.67. The fourth-order valence-electron chi connectivity index (χ4n) is 4.46. The predicted molar refractivity (Wildman–Crippen MR) is 87.3 cm³/mol. The number of amides is 3. The van der Waals surface area contributed by atoms with Gasteiger partial charge < -0.3 is 15.5 Å². The molecule has 3 amide bonds. The van der Waals surface area contributed by atoms with Crippen LogP contribution in [0.5, 0.6) is 0 Å². The number of carbonyl (C=O) groups is 2. The molecule has 1 saturated carbocycles. The van der Waals surface area contributed by atoms with E-state index in [0.717, 1.165) is 25.8 Å². The Labute approximate surface area is 134 Å². The van der Waals surface area contributed by atoms with Crippen LogP contribution in [-0.4, -0.2) is 47.9 Å². The first-order chi connectivity index (χ1) is 10.3. The minimum Gasteiger partial charge on any atom is -0.351 e. The summed E-state index contributed by atoms with van der Waals surface area (Å²) in [6, 6.07) is -0.378. The van der Waals surface area contributed by atoms with E-state index in [1.54, 1.807) is 4.90 Å². The maximum atomic E-state index is 12.6. The second-order valence-corrected chi connectivity index (χ2v) is 8.04. The van der Waals surface area contributed by atoms with Crippen LogP contribution >= 0.6 is 0 Å². The molecule has 1 saturated heterocycles. The van der Waals surface area contributed by atoms with Crippen molar-refractivity contribution >= 4 is 11.9 Å². The Morgan fingerprint density at radius 3 is 2.36 bits per heavy atom. The predicted octanol–water partition coefficient (Wildman–Crippen LogP) is 2.45. The average molecular weight is 309 g/mol. The molecule has 0 aromatic rings. The van der Waals surface area contributed by atoms with E-state index in [1.807, 2.05) is 4.90 Å². The fourth-order valence-corrected chi connectivity index (χ4v) is 4.46. The first kappa shape index (κ1) is 17.1. The molecule has 0 radical (unpaired) electrons. The summed E-state index contributed by atoms with van der Waals surface area (Å²) in [5.41, 5.74) is 5.69. The van der Waals surface area contributed by atoms with Crippen molar-refractivity contribution in [1.29, 1.82) is 0 Å². The Balaban J connectivity index is 1.88. The zero-order chi connectivity index (χ0) is 16.3. The molecule has 2 atom stereocenters. The summed E-state index contributed by atoms with van der Waals surface area (Å²) >= 11 is 0. The number of nitrogens with zero attached hydrogens (tertiary/aromatic N) is 2. The van der Waals surface area contributed by atoms with Crippen LogP contribution in [0.2, 0.25) is 0 Å². The van der Waals surface area contributed by atoms with Gasteiger partial charge in [0.1, 0.15) is 0 Å². The lowest BCUT2D eigenvalue weighted by molar-refractivity contribution is -0.132. The van der Waals surface area contributed by atoms with E-state index in [0.29, 0.717) is 43.3 Å². The molecule has 2 aliphatic rings. The minimum atomic E-state index is -0.378. The van der Waals surface area contributed by atoms with E-state index < -0.39 is 0 Å². The van der Waals surface area contributed by atoms with Crippen molar-refractivity contribution in [1.82, 2.24) is 9.80 Å². The average Bonchev–Trinajstić information content (AvgIpc) is 2.61. The van der Waals surface area contributed by atoms with Gasteiger partial charge in [0, 0.05) is 32.6 Å². The summed E-state index contributed by atoms with van der Waals surface area (Å²) in [4.78, 5) is 27.4. The Bertz CT molecular complexity index is 422.